The van der Waals surface area contributed by atoms with Crippen LogP contribution in [0.5, 0.6) is 5.75 Å². The summed E-state index contributed by atoms with van der Waals surface area (Å²) >= 11 is 0. The van der Waals surface area contributed by atoms with Crippen LogP contribution in [0, 0.1) is 5.92 Å². The summed E-state index contributed by atoms with van der Waals surface area (Å²) in [6.45, 7) is 0.807. The highest BCUT2D eigenvalue weighted by molar-refractivity contribution is 6.97. The molecule has 1 aliphatic rings. The molecule has 0 atom stereocenters. The van der Waals surface area contributed by atoms with Crippen molar-refractivity contribution in [3.05, 3.63) is 121 Å². The smallest absolute Gasteiger partial charge is 0.155 e. The summed E-state index contributed by atoms with van der Waals surface area (Å²) < 4.78 is 6.49. The zero-order valence-electron chi connectivity index (χ0n) is 23.0. The van der Waals surface area contributed by atoms with Gasteiger partial charge in [-0.3, -0.25) is 0 Å². The minimum Gasteiger partial charge on any atom is -0.493 e. The fourth-order valence-corrected chi connectivity index (χ4v) is 9.39. The van der Waals surface area contributed by atoms with Crippen LogP contribution >= 0.6 is 0 Å². The first-order valence-corrected chi connectivity index (χ1v) is 16.3. The number of hydrogen-bond donors (Lipinski definition) is 0. The predicted molar refractivity (Wildman–Crippen MR) is 173 cm³/mol. The first-order chi connectivity index (χ1) is 19.8. The van der Waals surface area contributed by atoms with E-state index in [0.717, 1.165) is 18.3 Å². The quantitative estimate of drug-likeness (QED) is 0.149. The number of hydrogen-bond acceptors (Lipinski definition) is 1. The van der Waals surface area contributed by atoms with Crippen molar-refractivity contribution in [2.45, 2.75) is 38.5 Å². The van der Waals surface area contributed by atoms with Gasteiger partial charge in [0.05, 0.1) is 6.61 Å². The van der Waals surface area contributed by atoms with Gasteiger partial charge < -0.3 is 4.74 Å². The summed E-state index contributed by atoms with van der Waals surface area (Å²) in [5, 5.41) is 12.0. The summed E-state index contributed by atoms with van der Waals surface area (Å²) in [6.07, 6.45) is 8.08. The first-order valence-electron chi connectivity index (χ1n) is 14.8. The van der Waals surface area contributed by atoms with E-state index >= 15 is 0 Å². The number of benzene rings is 6. The maximum absolute atomic E-state index is 6.49. The van der Waals surface area contributed by atoms with Crippen molar-refractivity contribution < 1.29 is 4.74 Å². The van der Waals surface area contributed by atoms with Gasteiger partial charge in [-0.05, 0) is 60.9 Å². The van der Waals surface area contributed by atoms with Gasteiger partial charge in [0, 0.05) is 5.39 Å². The van der Waals surface area contributed by atoms with Gasteiger partial charge >= 0.3 is 0 Å². The lowest BCUT2D eigenvalue weighted by Crippen LogP contribution is -2.52. The minimum atomic E-state index is -1.29. The number of fused-ring (bicyclic) bond motifs is 3. The Morgan fingerprint density at radius 3 is 1.77 bits per heavy atom. The first kappa shape index (κ1) is 25.1. The standard InChI is InChI=1S/C38H35OSi/c1-2-10-28(11-3-1)24-25-39-37-22-23-38(36-17-9-8-16-35(36)37)40(33-20-18-29-12-4-6-14-31(29)26-33)34-21-19-30-13-5-7-15-32(30)27-34/h4-9,12-23,26-28H,1-3,10-11,24-25H2. The molecule has 6 aromatic rings. The van der Waals surface area contributed by atoms with Crippen molar-refractivity contribution in [2.75, 3.05) is 6.61 Å². The Bertz CT molecular complexity index is 1700. The topological polar surface area (TPSA) is 9.23 Å². The average Bonchev–Trinajstić information content (AvgIpc) is 3.02. The molecule has 0 unspecified atom stereocenters. The summed E-state index contributed by atoms with van der Waals surface area (Å²) in [6, 6.07) is 45.0. The zero-order chi connectivity index (χ0) is 26.7. The van der Waals surface area contributed by atoms with Crippen LogP contribution in [-0.4, -0.2) is 15.4 Å². The summed E-state index contributed by atoms with van der Waals surface area (Å²) in [5.74, 6) is 1.85. The van der Waals surface area contributed by atoms with Crippen molar-refractivity contribution in [1.29, 1.82) is 0 Å². The van der Waals surface area contributed by atoms with Crippen LogP contribution < -0.4 is 20.3 Å². The summed E-state index contributed by atoms with van der Waals surface area (Å²) in [5.41, 5.74) is 0. The molecular formula is C38H35OSi. The monoisotopic (exact) mass is 535 g/mol. The average molecular weight is 536 g/mol. The Labute approximate surface area is 239 Å². The highest BCUT2D eigenvalue weighted by Crippen LogP contribution is 2.29. The third-order valence-electron chi connectivity index (χ3n) is 8.74. The van der Waals surface area contributed by atoms with Crippen molar-refractivity contribution in [3.63, 3.8) is 0 Å². The molecule has 0 bridgehead atoms. The van der Waals surface area contributed by atoms with E-state index in [1.54, 1.807) is 0 Å². The molecule has 2 heteroatoms. The van der Waals surface area contributed by atoms with Crippen LogP contribution in [0.1, 0.15) is 38.5 Å². The zero-order valence-corrected chi connectivity index (χ0v) is 24.0. The fraction of sp³-hybridized carbons (Fsp3) is 0.211. The van der Waals surface area contributed by atoms with E-state index in [4.69, 9.17) is 4.74 Å². The van der Waals surface area contributed by atoms with Crippen molar-refractivity contribution in [3.8, 4) is 5.75 Å². The Morgan fingerprint density at radius 1 is 0.550 bits per heavy atom. The molecule has 1 fully saturated rings. The Kier molecular flexibility index (Phi) is 7.10. The van der Waals surface area contributed by atoms with E-state index in [0.29, 0.717) is 0 Å². The highest BCUT2D eigenvalue weighted by atomic mass is 28.3. The molecule has 0 spiro atoms. The minimum absolute atomic E-state index is 0.807. The molecule has 1 saturated carbocycles. The van der Waals surface area contributed by atoms with Gasteiger partial charge in [-0.15, -0.1) is 0 Å². The van der Waals surface area contributed by atoms with E-state index in [1.807, 2.05) is 0 Å². The molecule has 6 aromatic carbocycles. The van der Waals surface area contributed by atoms with E-state index in [-0.39, 0.29) is 0 Å². The largest absolute Gasteiger partial charge is 0.493 e. The van der Waals surface area contributed by atoms with Crippen LogP contribution in [0.25, 0.3) is 32.3 Å². The second kappa shape index (κ2) is 11.3. The van der Waals surface area contributed by atoms with Gasteiger partial charge in [0.1, 0.15) is 5.75 Å². The van der Waals surface area contributed by atoms with E-state index in [9.17, 15) is 0 Å². The molecule has 7 rings (SSSR count). The van der Waals surface area contributed by atoms with Crippen LogP contribution in [0.4, 0.5) is 0 Å². The molecule has 0 saturated heterocycles. The third kappa shape index (κ3) is 5.05. The van der Waals surface area contributed by atoms with Gasteiger partial charge in [-0.2, -0.15) is 0 Å². The van der Waals surface area contributed by atoms with Crippen LogP contribution in [0.2, 0.25) is 0 Å². The van der Waals surface area contributed by atoms with E-state index < -0.39 is 8.80 Å². The molecule has 0 aliphatic heterocycles. The Hall–Kier alpha value is -3.88. The second-order valence-electron chi connectivity index (χ2n) is 11.3. The number of rotatable bonds is 7. The number of ether oxygens (including phenoxy) is 1. The van der Waals surface area contributed by atoms with Crippen LogP contribution in [0.15, 0.2) is 121 Å². The molecule has 0 amide bonds. The van der Waals surface area contributed by atoms with Crippen LogP contribution in [-0.2, 0) is 0 Å². The Balaban J connectivity index is 1.32. The van der Waals surface area contributed by atoms with Gasteiger partial charge in [0.2, 0.25) is 0 Å². The van der Waals surface area contributed by atoms with Gasteiger partial charge in [0.25, 0.3) is 0 Å². The van der Waals surface area contributed by atoms with Crippen molar-refractivity contribution in [2.24, 2.45) is 5.92 Å². The molecule has 1 nitrogen and oxygen atoms in total. The lowest BCUT2D eigenvalue weighted by atomic mass is 9.87. The Morgan fingerprint density at radius 2 is 1.12 bits per heavy atom. The summed E-state index contributed by atoms with van der Waals surface area (Å²) in [4.78, 5) is 0. The normalized spacial score (nSPS) is 14.3. The van der Waals surface area contributed by atoms with Gasteiger partial charge in [-0.1, -0.05) is 147 Å². The predicted octanol–water partition coefficient (Wildman–Crippen LogP) is 8.01. The second-order valence-corrected chi connectivity index (χ2v) is 13.7. The highest BCUT2D eigenvalue weighted by Gasteiger charge is 2.24. The molecule has 0 aromatic heterocycles. The molecule has 1 radical (unpaired) electrons. The maximum Gasteiger partial charge on any atom is 0.155 e. The van der Waals surface area contributed by atoms with E-state index in [1.165, 1.54) is 86.4 Å². The molecule has 197 valence electrons. The molecule has 40 heavy (non-hydrogen) atoms. The maximum atomic E-state index is 6.49. The van der Waals surface area contributed by atoms with Crippen molar-refractivity contribution in [1.82, 2.24) is 0 Å². The summed E-state index contributed by atoms with van der Waals surface area (Å²) in [7, 11) is -1.29. The lowest BCUT2D eigenvalue weighted by Gasteiger charge is -2.23. The van der Waals surface area contributed by atoms with Gasteiger partial charge in [-0.25, -0.2) is 0 Å². The van der Waals surface area contributed by atoms with Crippen molar-refractivity contribution >= 4 is 56.7 Å². The molecular weight excluding hydrogens is 501 g/mol. The molecule has 1 aliphatic carbocycles. The molecule has 0 N–H and O–H groups in total. The van der Waals surface area contributed by atoms with Gasteiger partial charge in [0.15, 0.2) is 8.80 Å². The van der Waals surface area contributed by atoms with E-state index in [2.05, 4.69) is 121 Å². The van der Waals surface area contributed by atoms with Crippen LogP contribution in [0.3, 0.4) is 0 Å². The third-order valence-corrected chi connectivity index (χ3v) is 11.5. The fourth-order valence-electron chi connectivity index (χ4n) is 6.59. The SMILES string of the molecule is c1ccc2cc([Si](c3ccc4ccccc4c3)c3ccc(OCCC4CCCCC4)c4ccccc34)ccc2c1. The molecule has 0 heterocycles. The lowest BCUT2D eigenvalue weighted by molar-refractivity contribution is 0.248.